The Labute approximate surface area is 152 Å². The quantitative estimate of drug-likeness (QED) is 0.377. The lowest BCUT2D eigenvalue weighted by atomic mass is 10.1. The number of amides is 1. The number of nitrogens with one attached hydrogen (secondary N) is 1. The van der Waals surface area contributed by atoms with Gasteiger partial charge in [-0.1, -0.05) is 42.5 Å². The van der Waals surface area contributed by atoms with Crippen LogP contribution >= 0.6 is 11.3 Å². The van der Waals surface area contributed by atoms with E-state index in [9.17, 15) is 15.0 Å². The number of hydrazone groups is 1. The maximum Gasteiger partial charge on any atom is 0.285 e. The molecule has 26 heavy (non-hydrogen) atoms. The lowest BCUT2D eigenvalue weighted by Gasteiger charge is -2.04. The third-order valence-electron chi connectivity index (χ3n) is 4.08. The number of carbonyl (C=O) groups is 1. The third-order valence-corrected chi connectivity index (χ3v) is 5.24. The molecule has 6 heteroatoms. The van der Waals surface area contributed by atoms with E-state index in [0.717, 1.165) is 10.1 Å². The topological polar surface area (TPSA) is 81.9 Å². The van der Waals surface area contributed by atoms with Crippen molar-refractivity contribution in [1.29, 1.82) is 0 Å². The van der Waals surface area contributed by atoms with Crippen LogP contribution in [-0.4, -0.2) is 22.3 Å². The molecule has 0 aliphatic carbocycles. The van der Waals surface area contributed by atoms with Crippen LogP contribution in [0.5, 0.6) is 11.5 Å². The van der Waals surface area contributed by atoms with Crippen molar-refractivity contribution in [3.05, 3.63) is 71.1 Å². The van der Waals surface area contributed by atoms with Gasteiger partial charge in [0.2, 0.25) is 0 Å². The molecule has 1 heterocycles. The number of thiophene rings is 1. The smallest absolute Gasteiger partial charge is 0.285 e. The van der Waals surface area contributed by atoms with Crippen LogP contribution in [0, 0.1) is 0 Å². The molecule has 0 unspecified atom stereocenters. The second kappa shape index (κ2) is 6.50. The van der Waals surface area contributed by atoms with Crippen molar-refractivity contribution in [3.8, 4) is 11.5 Å². The molecule has 0 fully saturated rings. The zero-order valence-electron chi connectivity index (χ0n) is 13.5. The van der Waals surface area contributed by atoms with Gasteiger partial charge in [-0.2, -0.15) is 5.10 Å². The number of hydrogen-bond donors (Lipinski definition) is 3. The molecule has 3 N–H and O–H groups in total. The number of phenols is 1. The van der Waals surface area contributed by atoms with E-state index >= 15 is 0 Å². The van der Waals surface area contributed by atoms with Crippen molar-refractivity contribution in [3.63, 3.8) is 0 Å². The Balaban J connectivity index is 1.57. The summed E-state index contributed by atoms with van der Waals surface area (Å²) in [5.41, 5.74) is 2.88. The van der Waals surface area contributed by atoms with Crippen LogP contribution < -0.4 is 5.43 Å². The molecule has 5 nitrogen and oxygen atoms in total. The van der Waals surface area contributed by atoms with Crippen LogP contribution in [0.1, 0.15) is 15.2 Å². The molecule has 3 aromatic carbocycles. The number of rotatable bonds is 3. The maximum absolute atomic E-state index is 12.3. The number of phenolic OH excluding ortho intramolecular Hbond substituents is 1. The molecule has 0 saturated carbocycles. The molecular formula is C20H14N2O3S. The van der Waals surface area contributed by atoms with E-state index in [0.29, 0.717) is 16.3 Å². The Bertz CT molecular complexity index is 1160. The molecule has 4 aromatic rings. The Morgan fingerprint density at radius 1 is 0.923 bits per heavy atom. The lowest BCUT2D eigenvalue weighted by molar-refractivity contribution is 0.0957. The summed E-state index contributed by atoms with van der Waals surface area (Å²) in [4.78, 5) is 12.5. The summed E-state index contributed by atoms with van der Waals surface area (Å²) in [5, 5.41) is 26.7. The van der Waals surface area contributed by atoms with E-state index in [2.05, 4.69) is 10.5 Å². The fourth-order valence-corrected chi connectivity index (χ4v) is 3.76. The van der Waals surface area contributed by atoms with E-state index in [1.807, 2.05) is 42.5 Å². The number of carbonyl (C=O) groups excluding carboxylic acids is 1. The molecule has 4 rings (SSSR count). The van der Waals surface area contributed by atoms with Crippen molar-refractivity contribution < 1.29 is 15.0 Å². The van der Waals surface area contributed by atoms with Crippen LogP contribution in [0.4, 0.5) is 0 Å². The normalized spacial score (nSPS) is 11.4. The largest absolute Gasteiger partial charge is 0.507 e. The van der Waals surface area contributed by atoms with Gasteiger partial charge < -0.3 is 10.2 Å². The predicted molar refractivity (Wildman–Crippen MR) is 104 cm³/mol. The highest BCUT2D eigenvalue weighted by Gasteiger charge is 2.17. The van der Waals surface area contributed by atoms with Gasteiger partial charge in [0, 0.05) is 21.0 Å². The minimum Gasteiger partial charge on any atom is -0.507 e. The molecule has 0 spiro atoms. The molecule has 128 valence electrons. The van der Waals surface area contributed by atoms with Gasteiger partial charge >= 0.3 is 0 Å². The number of fused-ring (bicyclic) bond motifs is 2. The molecule has 1 amide bonds. The number of hydrogen-bond acceptors (Lipinski definition) is 5. The van der Waals surface area contributed by atoms with E-state index < -0.39 is 5.91 Å². The zero-order valence-corrected chi connectivity index (χ0v) is 14.3. The maximum atomic E-state index is 12.3. The minimum atomic E-state index is -0.500. The lowest BCUT2D eigenvalue weighted by Crippen LogP contribution is -2.16. The summed E-state index contributed by atoms with van der Waals surface area (Å²) in [6, 6.07) is 18.3. The molecule has 0 aliphatic rings. The van der Waals surface area contributed by atoms with Crippen molar-refractivity contribution in [2.24, 2.45) is 5.10 Å². The fourth-order valence-electron chi connectivity index (χ4n) is 2.77. The molecule has 0 aliphatic heterocycles. The van der Waals surface area contributed by atoms with E-state index in [-0.39, 0.29) is 16.4 Å². The summed E-state index contributed by atoms with van der Waals surface area (Å²) < 4.78 is 0.825. The highest BCUT2D eigenvalue weighted by molar-refractivity contribution is 7.21. The summed E-state index contributed by atoms with van der Waals surface area (Å²) >= 11 is 1.20. The van der Waals surface area contributed by atoms with Crippen molar-refractivity contribution >= 4 is 44.3 Å². The monoisotopic (exact) mass is 362 g/mol. The highest BCUT2D eigenvalue weighted by atomic mass is 32.1. The summed E-state index contributed by atoms with van der Waals surface area (Å²) in [6.07, 6.45) is 1.38. The Kier molecular flexibility index (Phi) is 4.02. The van der Waals surface area contributed by atoms with Crippen molar-refractivity contribution in [1.82, 2.24) is 5.43 Å². The van der Waals surface area contributed by atoms with Gasteiger partial charge in [-0.25, -0.2) is 5.43 Å². The van der Waals surface area contributed by atoms with Gasteiger partial charge in [0.25, 0.3) is 5.91 Å². The van der Waals surface area contributed by atoms with Crippen LogP contribution in [0.25, 0.3) is 20.9 Å². The second-order valence-corrected chi connectivity index (χ2v) is 6.75. The first-order valence-corrected chi connectivity index (χ1v) is 8.71. The molecule has 1 aromatic heterocycles. The molecule has 0 atom stereocenters. The van der Waals surface area contributed by atoms with Crippen molar-refractivity contribution in [2.45, 2.75) is 0 Å². The predicted octanol–water partition coefficient (Wildman–Crippen LogP) is 4.23. The van der Waals surface area contributed by atoms with Gasteiger partial charge in [-0.3, -0.25) is 4.79 Å². The van der Waals surface area contributed by atoms with E-state index in [1.165, 1.54) is 17.6 Å². The summed E-state index contributed by atoms with van der Waals surface area (Å²) in [7, 11) is 0. The third kappa shape index (κ3) is 2.76. The summed E-state index contributed by atoms with van der Waals surface area (Å²) in [5.74, 6) is -0.446. The Hall–Kier alpha value is -3.38. The van der Waals surface area contributed by atoms with Crippen LogP contribution in [-0.2, 0) is 0 Å². The average molecular weight is 362 g/mol. The fraction of sp³-hybridized carbons (Fsp3) is 0. The highest BCUT2D eigenvalue weighted by Crippen LogP contribution is 2.36. The van der Waals surface area contributed by atoms with Gasteiger partial charge in [-0.15, -0.1) is 11.3 Å². The van der Waals surface area contributed by atoms with E-state index in [1.54, 1.807) is 18.2 Å². The zero-order chi connectivity index (χ0) is 18.1. The molecule has 0 radical (unpaired) electrons. The van der Waals surface area contributed by atoms with Gasteiger partial charge in [0.15, 0.2) is 0 Å². The average Bonchev–Trinajstić information content (AvgIpc) is 3.01. The molecule has 0 bridgehead atoms. The van der Waals surface area contributed by atoms with Gasteiger partial charge in [-0.05, 0) is 23.6 Å². The number of benzene rings is 3. The SMILES string of the molecule is O=C(N/N=C\c1ccc2ccccc2c1O)c1sc2ccccc2c1O. The second-order valence-electron chi connectivity index (χ2n) is 5.70. The number of aromatic hydroxyl groups is 2. The minimum absolute atomic E-state index is 0.0492. The van der Waals surface area contributed by atoms with Crippen molar-refractivity contribution in [2.75, 3.05) is 0 Å². The first-order chi connectivity index (χ1) is 12.6. The first-order valence-electron chi connectivity index (χ1n) is 7.90. The van der Waals surface area contributed by atoms with Gasteiger partial charge in [0.1, 0.15) is 16.4 Å². The Morgan fingerprint density at radius 3 is 2.46 bits per heavy atom. The van der Waals surface area contributed by atoms with Crippen LogP contribution in [0.3, 0.4) is 0 Å². The van der Waals surface area contributed by atoms with Crippen LogP contribution in [0.15, 0.2) is 65.8 Å². The first kappa shape index (κ1) is 16.1. The Morgan fingerprint density at radius 2 is 1.65 bits per heavy atom. The molecule has 0 saturated heterocycles. The summed E-state index contributed by atoms with van der Waals surface area (Å²) in [6.45, 7) is 0. The van der Waals surface area contributed by atoms with E-state index in [4.69, 9.17) is 0 Å². The van der Waals surface area contributed by atoms with Crippen LogP contribution in [0.2, 0.25) is 0 Å². The number of nitrogens with zero attached hydrogens (tertiary/aromatic N) is 1. The standard InChI is InChI=1S/C20H14N2O3S/c23-17-13(10-9-12-5-1-2-6-14(12)17)11-21-22-20(25)19-18(24)15-7-3-4-8-16(15)26-19/h1-11,23-24H,(H,22,25)/b21-11-. The molecular weight excluding hydrogens is 348 g/mol. The van der Waals surface area contributed by atoms with Gasteiger partial charge in [0.05, 0.1) is 6.21 Å².